The van der Waals surface area contributed by atoms with Crippen molar-refractivity contribution < 1.29 is 28.1 Å². The van der Waals surface area contributed by atoms with E-state index >= 15 is 0 Å². The number of carbonyl (C=O) groups excluding carboxylic acids is 1. The molecule has 3 aliphatic rings. The molecule has 0 amide bonds. The highest BCUT2D eigenvalue weighted by Crippen LogP contribution is 2.40. The van der Waals surface area contributed by atoms with Crippen molar-refractivity contribution in [2.45, 2.75) is 77.8 Å². The Kier molecular flexibility index (Phi) is 4.94. The molecule has 0 spiro atoms. The number of esters is 1. The van der Waals surface area contributed by atoms with Crippen molar-refractivity contribution in [3.63, 3.8) is 0 Å². The van der Waals surface area contributed by atoms with E-state index in [0.29, 0.717) is 0 Å². The van der Waals surface area contributed by atoms with Crippen molar-refractivity contribution in [1.29, 1.82) is 0 Å². The standard InChI is InChI=1S/C18H30B2N2O6/c1-15(2)16(3,4)26-19(25-15)21-10-11-22(13(12-21)14(23)24-9)20-27-17(5,6)18(7,8)28-20/h10-12H,1-9H3. The van der Waals surface area contributed by atoms with Crippen LogP contribution in [-0.2, 0) is 28.1 Å². The minimum Gasteiger partial charge on any atom is -0.464 e. The largest absolute Gasteiger partial charge is 0.598 e. The molecule has 0 unspecified atom stereocenters. The van der Waals surface area contributed by atoms with Gasteiger partial charge < -0.3 is 33.0 Å². The average molecular weight is 392 g/mol. The summed E-state index contributed by atoms with van der Waals surface area (Å²) in [5.41, 5.74) is -1.79. The monoisotopic (exact) mass is 392 g/mol. The Morgan fingerprint density at radius 1 is 0.821 bits per heavy atom. The Bertz CT molecular complexity index is 687. The van der Waals surface area contributed by atoms with Gasteiger partial charge >= 0.3 is 20.5 Å². The van der Waals surface area contributed by atoms with Crippen LogP contribution < -0.4 is 0 Å². The third-order valence-electron chi connectivity index (χ3n) is 6.30. The topological polar surface area (TPSA) is 69.7 Å². The van der Waals surface area contributed by atoms with Gasteiger partial charge in [0.1, 0.15) is 5.70 Å². The molecule has 154 valence electrons. The normalized spacial score (nSPS) is 27.2. The molecule has 28 heavy (non-hydrogen) atoms. The zero-order valence-electron chi connectivity index (χ0n) is 18.2. The summed E-state index contributed by atoms with van der Waals surface area (Å²) in [6.45, 7) is 15.7. The molecule has 3 heterocycles. The Morgan fingerprint density at radius 3 is 1.68 bits per heavy atom. The molecule has 2 saturated heterocycles. The molecule has 0 bridgehead atoms. The van der Waals surface area contributed by atoms with Crippen LogP contribution in [0.2, 0.25) is 0 Å². The van der Waals surface area contributed by atoms with Gasteiger partial charge in [-0.3, -0.25) is 0 Å². The van der Waals surface area contributed by atoms with Gasteiger partial charge in [0.15, 0.2) is 0 Å². The van der Waals surface area contributed by atoms with Gasteiger partial charge in [-0.25, -0.2) is 4.79 Å². The molecule has 0 aromatic heterocycles. The quantitative estimate of drug-likeness (QED) is 0.536. The molecule has 0 radical (unpaired) electrons. The van der Waals surface area contributed by atoms with Gasteiger partial charge in [-0.05, 0) is 55.4 Å². The van der Waals surface area contributed by atoms with Crippen LogP contribution in [-0.4, -0.2) is 59.6 Å². The predicted molar refractivity (Wildman–Crippen MR) is 105 cm³/mol. The average Bonchev–Trinajstić information content (AvgIpc) is 2.93. The predicted octanol–water partition coefficient (Wildman–Crippen LogP) is 2.27. The first-order chi connectivity index (χ1) is 12.7. The van der Waals surface area contributed by atoms with Gasteiger partial charge in [0.25, 0.3) is 0 Å². The van der Waals surface area contributed by atoms with Gasteiger partial charge in [-0.2, -0.15) is 0 Å². The van der Waals surface area contributed by atoms with Gasteiger partial charge in [-0.15, -0.1) is 0 Å². The van der Waals surface area contributed by atoms with E-state index in [1.165, 1.54) is 7.11 Å². The molecule has 0 saturated carbocycles. The van der Waals surface area contributed by atoms with E-state index in [-0.39, 0.29) is 5.70 Å². The summed E-state index contributed by atoms with van der Waals surface area (Å²) >= 11 is 0. The number of hydrogen-bond donors (Lipinski definition) is 0. The Labute approximate surface area is 168 Å². The van der Waals surface area contributed by atoms with Gasteiger partial charge in [0, 0.05) is 18.6 Å². The fourth-order valence-corrected chi connectivity index (χ4v) is 2.92. The van der Waals surface area contributed by atoms with Crippen molar-refractivity contribution in [2.75, 3.05) is 7.11 Å². The second-order valence-corrected chi connectivity index (χ2v) is 9.29. The van der Waals surface area contributed by atoms with E-state index in [9.17, 15) is 4.79 Å². The Hall–Kier alpha value is -1.48. The number of methoxy groups -OCH3 is 1. The molecule has 0 aromatic carbocycles. The zero-order chi connectivity index (χ0) is 21.1. The van der Waals surface area contributed by atoms with Crippen LogP contribution >= 0.6 is 0 Å². The van der Waals surface area contributed by atoms with E-state index in [1.807, 2.05) is 55.4 Å². The molecule has 3 rings (SSSR count). The second kappa shape index (κ2) is 6.52. The highest BCUT2D eigenvalue weighted by atomic mass is 16.7. The molecular formula is C18H30B2N2O6. The minimum absolute atomic E-state index is 0.262. The van der Waals surface area contributed by atoms with Crippen molar-refractivity contribution in [3.8, 4) is 0 Å². The molecule has 2 fully saturated rings. The molecule has 10 heteroatoms. The maximum Gasteiger partial charge on any atom is 0.598 e. The van der Waals surface area contributed by atoms with Crippen LogP contribution in [0.5, 0.6) is 0 Å². The van der Waals surface area contributed by atoms with Crippen LogP contribution in [0.1, 0.15) is 55.4 Å². The summed E-state index contributed by atoms with van der Waals surface area (Å²) < 4.78 is 29.3. The van der Waals surface area contributed by atoms with Crippen molar-refractivity contribution in [3.05, 3.63) is 24.3 Å². The summed E-state index contributed by atoms with van der Waals surface area (Å²) in [4.78, 5) is 15.8. The summed E-state index contributed by atoms with van der Waals surface area (Å²) in [7, 11) is -0.0864. The number of hydrogen-bond acceptors (Lipinski definition) is 8. The maximum absolute atomic E-state index is 12.5. The molecule has 0 aliphatic carbocycles. The van der Waals surface area contributed by atoms with E-state index in [1.54, 1.807) is 28.2 Å². The zero-order valence-corrected chi connectivity index (χ0v) is 18.2. The van der Waals surface area contributed by atoms with E-state index in [0.717, 1.165) is 0 Å². The molecule has 8 nitrogen and oxygen atoms in total. The van der Waals surface area contributed by atoms with Crippen LogP contribution in [0, 0.1) is 0 Å². The van der Waals surface area contributed by atoms with Crippen molar-refractivity contribution in [2.24, 2.45) is 0 Å². The van der Waals surface area contributed by atoms with Crippen molar-refractivity contribution in [1.82, 2.24) is 9.62 Å². The second-order valence-electron chi connectivity index (χ2n) is 9.29. The fraction of sp³-hybridized carbons (Fsp3) is 0.722. The molecule has 0 N–H and O–H groups in total. The van der Waals surface area contributed by atoms with E-state index < -0.39 is 42.9 Å². The summed E-state index contributed by atoms with van der Waals surface area (Å²) in [5.74, 6) is -0.513. The first-order valence-electron chi connectivity index (χ1n) is 9.46. The summed E-state index contributed by atoms with van der Waals surface area (Å²) in [6, 6.07) is 0. The third kappa shape index (κ3) is 3.36. The highest BCUT2D eigenvalue weighted by Gasteiger charge is 2.57. The van der Waals surface area contributed by atoms with E-state index in [2.05, 4.69) is 0 Å². The highest BCUT2D eigenvalue weighted by molar-refractivity contribution is 6.45. The van der Waals surface area contributed by atoms with Crippen LogP contribution in [0.15, 0.2) is 24.3 Å². The lowest BCUT2D eigenvalue weighted by atomic mass is 9.90. The summed E-state index contributed by atoms with van der Waals surface area (Å²) in [5, 5.41) is 0. The summed E-state index contributed by atoms with van der Waals surface area (Å²) in [6.07, 6.45) is 5.10. The number of ether oxygens (including phenoxy) is 1. The van der Waals surface area contributed by atoms with Gasteiger partial charge in [0.2, 0.25) is 0 Å². The minimum atomic E-state index is -0.757. The van der Waals surface area contributed by atoms with Crippen LogP contribution in [0.3, 0.4) is 0 Å². The maximum atomic E-state index is 12.5. The first kappa shape index (κ1) is 21.2. The van der Waals surface area contributed by atoms with Crippen LogP contribution in [0.25, 0.3) is 0 Å². The van der Waals surface area contributed by atoms with Crippen molar-refractivity contribution >= 4 is 20.5 Å². The number of carbonyl (C=O) groups is 1. The lowest BCUT2D eigenvalue weighted by Gasteiger charge is -2.32. The smallest absolute Gasteiger partial charge is 0.464 e. The fourth-order valence-electron chi connectivity index (χ4n) is 2.92. The third-order valence-corrected chi connectivity index (χ3v) is 6.30. The lowest BCUT2D eigenvalue weighted by Crippen LogP contribution is -2.45. The lowest BCUT2D eigenvalue weighted by molar-refractivity contribution is -0.137. The number of nitrogens with zero attached hydrogens (tertiary/aromatic N) is 2. The molecular weight excluding hydrogens is 362 g/mol. The van der Waals surface area contributed by atoms with Crippen LogP contribution in [0.4, 0.5) is 0 Å². The first-order valence-corrected chi connectivity index (χ1v) is 9.46. The Balaban J connectivity index is 1.86. The molecule has 0 atom stereocenters. The Morgan fingerprint density at radius 2 is 1.25 bits per heavy atom. The molecule has 0 aromatic rings. The van der Waals surface area contributed by atoms with Gasteiger partial charge in [-0.1, -0.05) is 0 Å². The van der Waals surface area contributed by atoms with E-state index in [4.69, 9.17) is 23.4 Å². The SMILES string of the molecule is COC(=O)C1=CN(B2OC(C)(C)C(C)(C)O2)C=CN1B1OC(C)(C)C(C)(C)O1. The van der Waals surface area contributed by atoms with Gasteiger partial charge in [0.05, 0.1) is 29.5 Å². The molecule has 3 aliphatic heterocycles. The number of rotatable bonds is 3.